The van der Waals surface area contributed by atoms with Gasteiger partial charge in [-0.3, -0.25) is 0 Å². The molecule has 1 aliphatic carbocycles. The number of anilines is 3. The van der Waals surface area contributed by atoms with Crippen LogP contribution in [0.2, 0.25) is 0 Å². The molecular weight excluding hydrogens is 755 g/mol. The third kappa shape index (κ3) is 7.17. The zero-order valence-corrected chi connectivity index (χ0v) is 34.6. The number of hydrogen-bond donors (Lipinski definition) is 3. The van der Waals surface area contributed by atoms with E-state index in [4.69, 9.17) is 11.5 Å². The molecule has 1 unspecified atom stereocenters. The normalized spacial score (nSPS) is 14.1. The summed E-state index contributed by atoms with van der Waals surface area (Å²) in [6, 6.07) is 73.9. The van der Waals surface area contributed by atoms with E-state index >= 15 is 0 Å². The van der Waals surface area contributed by atoms with E-state index in [1.165, 1.54) is 67.0 Å². The minimum Gasteiger partial charge on any atom is -0.327 e. The van der Waals surface area contributed by atoms with Gasteiger partial charge in [0.25, 0.3) is 0 Å². The third-order valence-corrected chi connectivity index (χ3v) is 12.4. The third-order valence-electron chi connectivity index (χ3n) is 12.4. The molecule has 0 aromatic heterocycles. The summed E-state index contributed by atoms with van der Waals surface area (Å²) >= 11 is 0. The van der Waals surface area contributed by atoms with E-state index in [2.05, 4.69) is 234 Å². The highest BCUT2D eigenvalue weighted by Gasteiger charge is 2.50. The number of rotatable bonds is 12. The first-order valence-electron chi connectivity index (χ1n) is 21.4. The first kappa shape index (κ1) is 39.0. The van der Waals surface area contributed by atoms with Crippen molar-refractivity contribution in [3.8, 4) is 22.3 Å². The van der Waals surface area contributed by atoms with Gasteiger partial charge in [0.1, 0.15) is 0 Å². The lowest BCUT2D eigenvalue weighted by atomic mass is 9.63. The van der Waals surface area contributed by atoms with E-state index < -0.39 is 5.41 Å². The molecule has 10 rings (SSSR count). The Morgan fingerprint density at radius 3 is 1.81 bits per heavy atom. The molecule has 0 bridgehead atoms. The van der Waals surface area contributed by atoms with Crippen molar-refractivity contribution >= 4 is 23.1 Å². The molecule has 8 aromatic carbocycles. The summed E-state index contributed by atoms with van der Waals surface area (Å²) in [6.45, 7) is 1.72. The molecule has 0 amide bonds. The smallest absolute Gasteiger partial charge is 0.0971 e. The standard InChI is InChI=1S/C57H49N5/c58-35-15-22-49-37-48-34-33-47(38-53(48)57(49)51-25-10-12-27-54(51)62(50-23-8-3-9-24-50)55-28-13-11-26-52(55)57)46-21-14-18-42(36-46)39-60-61(40-41-16-4-1-5-17-41)56(59)45-31-29-44(30-32-45)43-19-6-2-7-20-43/h1-34,36-38,56,60H,35,39-40,58-59H2/b22-15-. The van der Waals surface area contributed by atoms with Crippen LogP contribution in [-0.4, -0.2) is 11.6 Å². The highest BCUT2D eigenvalue weighted by molar-refractivity contribution is 5.94. The Labute approximate surface area is 364 Å². The summed E-state index contributed by atoms with van der Waals surface area (Å²) < 4.78 is 0. The first-order chi connectivity index (χ1) is 30.6. The van der Waals surface area contributed by atoms with Gasteiger partial charge in [0.05, 0.1) is 23.0 Å². The number of nitrogens with one attached hydrogen (secondary N) is 1. The summed E-state index contributed by atoms with van der Waals surface area (Å²) in [4.78, 5) is 2.41. The second-order valence-electron chi connectivity index (χ2n) is 16.1. The molecule has 5 nitrogen and oxygen atoms in total. The Bertz CT molecular complexity index is 2840. The van der Waals surface area contributed by atoms with Crippen molar-refractivity contribution in [1.29, 1.82) is 0 Å². The van der Waals surface area contributed by atoms with E-state index in [0.29, 0.717) is 19.6 Å². The van der Waals surface area contributed by atoms with E-state index in [1.54, 1.807) is 0 Å². The number of hydrazine groups is 1. The second kappa shape index (κ2) is 17.1. The molecule has 8 aromatic rings. The number of para-hydroxylation sites is 3. The Morgan fingerprint density at radius 1 is 0.548 bits per heavy atom. The predicted molar refractivity (Wildman–Crippen MR) is 257 cm³/mol. The van der Waals surface area contributed by atoms with Crippen molar-refractivity contribution in [2.75, 3.05) is 11.4 Å². The Morgan fingerprint density at radius 2 is 1.11 bits per heavy atom. The Kier molecular flexibility index (Phi) is 10.8. The number of nitrogens with zero attached hydrogens (tertiary/aromatic N) is 2. The highest BCUT2D eigenvalue weighted by Crippen LogP contribution is 2.61. The van der Waals surface area contributed by atoms with Gasteiger partial charge in [-0.1, -0.05) is 182 Å². The van der Waals surface area contributed by atoms with Crippen molar-refractivity contribution in [2.24, 2.45) is 11.5 Å². The second-order valence-corrected chi connectivity index (χ2v) is 16.1. The molecule has 0 saturated carbocycles. The lowest BCUT2D eigenvalue weighted by Crippen LogP contribution is -2.43. The van der Waals surface area contributed by atoms with Gasteiger partial charge in [-0.15, -0.1) is 0 Å². The average Bonchev–Trinajstić information content (AvgIpc) is 3.66. The van der Waals surface area contributed by atoms with Crippen LogP contribution < -0.4 is 21.8 Å². The van der Waals surface area contributed by atoms with Gasteiger partial charge in [0, 0.05) is 25.3 Å². The van der Waals surface area contributed by atoms with Gasteiger partial charge in [-0.05, 0) is 109 Å². The number of allylic oxidation sites excluding steroid dienone is 2. The van der Waals surface area contributed by atoms with Crippen molar-refractivity contribution < 1.29 is 0 Å². The fourth-order valence-corrected chi connectivity index (χ4v) is 9.46. The lowest BCUT2D eigenvalue weighted by Gasteiger charge is -2.45. The summed E-state index contributed by atoms with van der Waals surface area (Å²) in [5.41, 5.74) is 34.1. The number of fused-ring (bicyclic) bond motifs is 6. The van der Waals surface area contributed by atoms with Crippen LogP contribution in [0.5, 0.6) is 0 Å². The minimum atomic E-state index is -0.554. The predicted octanol–water partition coefficient (Wildman–Crippen LogP) is 12.2. The summed E-state index contributed by atoms with van der Waals surface area (Å²) in [7, 11) is 0. The van der Waals surface area contributed by atoms with Crippen molar-refractivity contribution in [2.45, 2.75) is 24.7 Å². The maximum Gasteiger partial charge on any atom is 0.0971 e. The van der Waals surface area contributed by atoms with Crippen LogP contribution in [0.15, 0.2) is 224 Å². The topological polar surface area (TPSA) is 70.5 Å². The summed E-state index contributed by atoms with van der Waals surface area (Å²) in [5.74, 6) is 0. The molecule has 0 radical (unpaired) electrons. The molecule has 1 atom stereocenters. The van der Waals surface area contributed by atoms with E-state index in [0.717, 1.165) is 16.8 Å². The number of benzene rings is 8. The zero-order valence-electron chi connectivity index (χ0n) is 34.6. The van der Waals surface area contributed by atoms with Crippen LogP contribution in [-0.2, 0) is 18.5 Å². The largest absolute Gasteiger partial charge is 0.327 e. The molecule has 0 saturated heterocycles. The number of nitrogens with two attached hydrogens (primary N) is 2. The van der Waals surface area contributed by atoms with Crippen LogP contribution in [0.4, 0.5) is 17.1 Å². The van der Waals surface area contributed by atoms with Gasteiger partial charge in [0.15, 0.2) is 0 Å². The molecule has 1 heterocycles. The van der Waals surface area contributed by atoms with Crippen molar-refractivity contribution in [1.82, 2.24) is 10.4 Å². The van der Waals surface area contributed by atoms with E-state index in [9.17, 15) is 0 Å². The van der Waals surface area contributed by atoms with Crippen LogP contribution in [0.1, 0.15) is 45.1 Å². The maximum absolute atomic E-state index is 7.08. The molecule has 1 spiro atoms. The monoisotopic (exact) mass is 803 g/mol. The quantitative estimate of drug-likeness (QED) is 0.0848. The SMILES string of the molecule is NC/C=C\C1=Cc2ccc(-c3cccc(CNN(Cc4ccccc4)C(N)c4ccc(-c5ccccc5)cc4)c3)cc2C12c1ccccc1N(c1ccccc1)c1ccccc12. The van der Waals surface area contributed by atoms with Gasteiger partial charge < -0.3 is 16.4 Å². The van der Waals surface area contributed by atoms with Crippen molar-refractivity contribution in [3.05, 3.63) is 263 Å². The summed E-state index contributed by atoms with van der Waals surface area (Å²) in [6.07, 6.45) is 6.31. The van der Waals surface area contributed by atoms with Gasteiger partial charge in [-0.2, -0.15) is 0 Å². The van der Waals surface area contributed by atoms with Crippen LogP contribution in [0.25, 0.3) is 28.3 Å². The average molecular weight is 804 g/mol. The Hall–Kier alpha value is -7.12. The van der Waals surface area contributed by atoms with E-state index in [-0.39, 0.29) is 6.17 Å². The Balaban J connectivity index is 0.997. The van der Waals surface area contributed by atoms with Crippen molar-refractivity contribution in [3.63, 3.8) is 0 Å². The van der Waals surface area contributed by atoms with Gasteiger partial charge >= 0.3 is 0 Å². The molecule has 62 heavy (non-hydrogen) atoms. The minimum absolute atomic E-state index is 0.370. The molecule has 2 aliphatic rings. The molecule has 5 N–H and O–H groups in total. The highest BCUT2D eigenvalue weighted by atomic mass is 15.5. The fraction of sp³-hybridized carbons (Fsp3) is 0.0877. The van der Waals surface area contributed by atoms with Gasteiger partial charge in [0.2, 0.25) is 0 Å². The molecule has 0 fully saturated rings. The zero-order chi connectivity index (χ0) is 41.9. The summed E-state index contributed by atoms with van der Waals surface area (Å²) in [5, 5.41) is 2.15. The van der Waals surface area contributed by atoms with Crippen LogP contribution in [0, 0.1) is 0 Å². The lowest BCUT2D eigenvalue weighted by molar-refractivity contribution is 0.113. The van der Waals surface area contributed by atoms with E-state index in [1.807, 2.05) is 6.07 Å². The maximum atomic E-state index is 7.08. The van der Waals surface area contributed by atoms with Gasteiger partial charge in [-0.25, -0.2) is 10.4 Å². The van der Waals surface area contributed by atoms with Crippen LogP contribution in [0.3, 0.4) is 0 Å². The molecule has 302 valence electrons. The molecule has 1 aliphatic heterocycles. The number of hydrogen-bond acceptors (Lipinski definition) is 5. The van der Waals surface area contributed by atoms with Crippen LogP contribution >= 0.6 is 0 Å². The molecule has 5 heteroatoms. The molecular formula is C57H49N5. The fourth-order valence-electron chi connectivity index (χ4n) is 9.46. The first-order valence-corrected chi connectivity index (χ1v) is 21.4.